The van der Waals surface area contributed by atoms with Gasteiger partial charge in [0.25, 0.3) is 5.91 Å². The average Bonchev–Trinajstić information content (AvgIpc) is 2.66. The summed E-state index contributed by atoms with van der Waals surface area (Å²) in [5.74, 6) is -0.0448. The molecule has 2 aromatic carbocycles. The van der Waals surface area contributed by atoms with E-state index in [2.05, 4.69) is 0 Å². The maximum Gasteiger partial charge on any atom is 0.344 e. The topological polar surface area (TPSA) is 55.8 Å². The maximum absolute atomic E-state index is 12.7. The second-order valence-corrected chi connectivity index (χ2v) is 7.27. The van der Waals surface area contributed by atoms with E-state index in [0.717, 1.165) is 30.0 Å². The summed E-state index contributed by atoms with van der Waals surface area (Å²) in [7, 11) is 0. The molecule has 1 aliphatic heterocycles. The number of likely N-dealkylation sites (tertiary alicyclic amines) is 1. The van der Waals surface area contributed by atoms with Gasteiger partial charge in [-0.2, -0.15) is 0 Å². The summed E-state index contributed by atoms with van der Waals surface area (Å²) in [4.78, 5) is 26.8. The van der Waals surface area contributed by atoms with Gasteiger partial charge in [0, 0.05) is 17.5 Å². The van der Waals surface area contributed by atoms with Gasteiger partial charge in [0.15, 0.2) is 12.7 Å². The molecule has 1 aliphatic rings. The molecular weight excluding hydrogens is 342 g/mol. The molecule has 1 fully saturated rings. The van der Waals surface area contributed by atoms with Crippen molar-refractivity contribution in [3.63, 3.8) is 0 Å². The van der Waals surface area contributed by atoms with Gasteiger partial charge in [-0.3, -0.25) is 4.79 Å². The first-order valence-corrected chi connectivity index (χ1v) is 9.59. The normalized spacial score (nSPS) is 20.9. The lowest BCUT2D eigenvalue weighted by Gasteiger charge is -2.40. The zero-order chi connectivity index (χ0) is 19.4. The Morgan fingerprint density at radius 3 is 2.48 bits per heavy atom. The Balaban J connectivity index is 1.57. The number of carbonyl (C=O) groups excluding carboxylic acids is 2. The number of esters is 1. The molecule has 27 heavy (non-hydrogen) atoms. The minimum Gasteiger partial charge on any atom is -0.481 e. The fourth-order valence-electron chi connectivity index (χ4n) is 3.81. The fourth-order valence-corrected chi connectivity index (χ4v) is 3.81. The Hall–Kier alpha value is -2.56. The number of amides is 1. The third-order valence-corrected chi connectivity index (χ3v) is 5.20. The largest absolute Gasteiger partial charge is 0.481 e. The van der Waals surface area contributed by atoms with Gasteiger partial charge in [0.2, 0.25) is 0 Å². The van der Waals surface area contributed by atoms with Crippen molar-refractivity contribution in [2.24, 2.45) is 0 Å². The molecule has 3 rings (SSSR count). The zero-order valence-corrected chi connectivity index (χ0v) is 16.2. The van der Waals surface area contributed by atoms with Crippen LogP contribution in [0.3, 0.4) is 0 Å². The molecule has 0 saturated carbocycles. The van der Waals surface area contributed by atoms with Crippen LogP contribution in [0, 0.1) is 0 Å². The summed E-state index contributed by atoms with van der Waals surface area (Å²) < 4.78 is 11.0. The van der Waals surface area contributed by atoms with Gasteiger partial charge < -0.3 is 14.4 Å². The van der Waals surface area contributed by atoms with Crippen LogP contribution in [0.1, 0.15) is 40.0 Å². The van der Waals surface area contributed by atoms with Crippen molar-refractivity contribution in [3.05, 3.63) is 42.5 Å². The predicted octanol–water partition coefficient (Wildman–Crippen LogP) is 3.94. The zero-order valence-electron chi connectivity index (χ0n) is 16.2. The maximum atomic E-state index is 12.7. The van der Waals surface area contributed by atoms with Crippen LogP contribution in [0.15, 0.2) is 42.5 Å². The molecule has 1 heterocycles. The average molecular weight is 369 g/mol. The van der Waals surface area contributed by atoms with Crippen molar-refractivity contribution < 1.29 is 19.1 Å². The van der Waals surface area contributed by atoms with Crippen molar-refractivity contribution in [1.82, 2.24) is 4.90 Å². The van der Waals surface area contributed by atoms with Gasteiger partial charge in [-0.1, -0.05) is 36.4 Å². The van der Waals surface area contributed by atoms with Gasteiger partial charge in [-0.05, 0) is 51.5 Å². The molecule has 0 bridgehead atoms. The molecule has 0 aliphatic carbocycles. The first kappa shape index (κ1) is 19.2. The molecule has 144 valence electrons. The highest BCUT2D eigenvalue weighted by Gasteiger charge is 2.33. The number of ether oxygens (including phenoxy) is 2. The van der Waals surface area contributed by atoms with Crippen molar-refractivity contribution in [1.29, 1.82) is 0 Å². The van der Waals surface area contributed by atoms with E-state index in [4.69, 9.17) is 9.47 Å². The quantitative estimate of drug-likeness (QED) is 0.749. The molecule has 5 nitrogen and oxygen atoms in total. The van der Waals surface area contributed by atoms with E-state index in [0.29, 0.717) is 5.75 Å². The van der Waals surface area contributed by atoms with E-state index in [1.165, 1.54) is 0 Å². The molecule has 0 aromatic heterocycles. The van der Waals surface area contributed by atoms with Gasteiger partial charge in [0.05, 0.1) is 0 Å². The van der Waals surface area contributed by atoms with Crippen molar-refractivity contribution in [2.75, 3.05) is 6.61 Å². The first-order valence-electron chi connectivity index (χ1n) is 9.59. The highest BCUT2D eigenvalue weighted by atomic mass is 16.6. The molecule has 0 spiro atoms. The number of nitrogens with zero attached hydrogens (tertiary/aromatic N) is 1. The lowest BCUT2D eigenvalue weighted by molar-refractivity contribution is -0.163. The van der Waals surface area contributed by atoms with Crippen molar-refractivity contribution in [2.45, 2.75) is 58.2 Å². The van der Waals surface area contributed by atoms with Gasteiger partial charge in [-0.25, -0.2) is 4.79 Å². The lowest BCUT2D eigenvalue weighted by atomic mass is 9.97. The SMILES string of the molecule is CC(OC(=O)COc1cccc2ccccc12)C(=O)N1C(C)CCCC1C. The van der Waals surface area contributed by atoms with Crippen LogP contribution in [-0.4, -0.2) is 41.6 Å². The third kappa shape index (κ3) is 4.41. The highest BCUT2D eigenvalue weighted by Crippen LogP contribution is 2.26. The summed E-state index contributed by atoms with van der Waals surface area (Å²) in [6.45, 7) is 5.50. The van der Waals surface area contributed by atoms with E-state index in [1.807, 2.05) is 61.2 Å². The van der Waals surface area contributed by atoms with Crippen LogP contribution in [0.4, 0.5) is 0 Å². The number of hydrogen-bond acceptors (Lipinski definition) is 4. The molecule has 3 atom stereocenters. The molecule has 0 N–H and O–H groups in total. The van der Waals surface area contributed by atoms with E-state index in [9.17, 15) is 9.59 Å². The second-order valence-electron chi connectivity index (χ2n) is 7.27. The molecule has 5 heteroatoms. The summed E-state index contributed by atoms with van der Waals surface area (Å²) in [6, 6.07) is 13.9. The van der Waals surface area contributed by atoms with Crippen LogP contribution in [0.5, 0.6) is 5.75 Å². The smallest absolute Gasteiger partial charge is 0.344 e. The Morgan fingerprint density at radius 2 is 1.74 bits per heavy atom. The van der Waals surface area contributed by atoms with Gasteiger partial charge in [-0.15, -0.1) is 0 Å². The van der Waals surface area contributed by atoms with Crippen LogP contribution >= 0.6 is 0 Å². The Labute approximate surface area is 160 Å². The Bertz CT molecular complexity index is 804. The number of hydrogen-bond donors (Lipinski definition) is 0. The molecule has 0 radical (unpaired) electrons. The van der Waals surface area contributed by atoms with Gasteiger partial charge in [0.1, 0.15) is 5.75 Å². The number of rotatable bonds is 5. The van der Waals surface area contributed by atoms with Crippen LogP contribution in [0.25, 0.3) is 10.8 Å². The first-order chi connectivity index (χ1) is 13.0. The summed E-state index contributed by atoms with van der Waals surface area (Å²) in [5.41, 5.74) is 0. The molecule has 1 amide bonds. The Morgan fingerprint density at radius 1 is 1.07 bits per heavy atom. The van der Waals surface area contributed by atoms with E-state index in [1.54, 1.807) is 6.92 Å². The highest BCUT2D eigenvalue weighted by molar-refractivity contribution is 5.88. The predicted molar refractivity (Wildman–Crippen MR) is 105 cm³/mol. The lowest BCUT2D eigenvalue weighted by Crippen LogP contribution is -2.51. The van der Waals surface area contributed by atoms with Crippen molar-refractivity contribution in [3.8, 4) is 5.75 Å². The summed E-state index contributed by atoms with van der Waals surface area (Å²) in [6.07, 6.45) is 2.29. The third-order valence-electron chi connectivity index (χ3n) is 5.20. The minimum atomic E-state index is -0.809. The van der Waals surface area contributed by atoms with Gasteiger partial charge >= 0.3 is 5.97 Å². The molecule has 3 unspecified atom stereocenters. The van der Waals surface area contributed by atoms with Crippen molar-refractivity contribution >= 4 is 22.6 Å². The minimum absolute atomic E-state index is 0.131. The number of benzene rings is 2. The van der Waals surface area contributed by atoms with E-state index in [-0.39, 0.29) is 24.6 Å². The summed E-state index contributed by atoms with van der Waals surface area (Å²) in [5, 5.41) is 1.98. The number of fused-ring (bicyclic) bond motifs is 1. The number of piperidine rings is 1. The molecule has 2 aromatic rings. The second kappa shape index (κ2) is 8.42. The summed E-state index contributed by atoms with van der Waals surface area (Å²) >= 11 is 0. The van der Waals surface area contributed by atoms with E-state index < -0.39 is 12.1 Å². The van der Waals surface area contributed by atoms with Crippen LogP contribution in [-0.2, 0) is 14.3 Å². The Kier molecular flexibility index (Phi) is 5.99. The molecule has 1 saturated heterocycles. The van der Waals surface area contributed by atoms with Crippen LogP contribution < -0.4 is 4.74 Å². The fraction of sp³-hybridized carbons (Fsp3) is 0.455. The monoisotopic (exact) mass is 369 g/mol. The van der Waals surface area contributed by atoms with E-state index >= 15 is 0 Å². The van der Waals surface area contributed by atoms with Crippen LogP contribution in [0.2, 0.25) is 0 Å². The molecular formula is C22H27NO4. The number of carbonyl (C=O) groups is 2. The standard InChI is InChI=1S/C22H27NO4/c1-15-8-6-9-16(2)23(15)22(25)17(3)27-21(24)14-26-20-13-7-11-18-10-4-5-12-19(18)20/h4-5,7,10-13,15-17H,6,8-9,14H2,1-3H3.